The summed E-state index contributed by atoms with van der Waals surface area (Å²) in [5.41, 5.74) is 1.53. The molecule has 1 aliphatic heterocycles. The normalized spacial score (nSPS) is 18.8. The molecular formula is C21H21ClF2N2O2. The molecule has 1 aromatic carbocycles. The Balaban J connectivity index is 1.92. The number of furan rings is 1. The summed E-state index contributed by atoms with van der Waals surface area (Å²) in [6.07, 6.45) is 3.50. The summed E-state index contributed by atoms with van der Waals surface area (Å²) >= 11 is 5.97. The number of rotatable bonds is 3. The molecule has 0 radical (unpaired) electrons. The number of carbonyl (C=O) groups excluding carboxylic acids is 1. The lowest BCUT2D eigenvalue weighted by atomic mass is 10.0. The zero-order valence-electron chi connectivity index (χ0n) is 15.9. The van der Waals surface area contributed by atoms with Gasteiger partial charge in [0, 0.05) is 19.3 Å². The lowest BCUT2D eigenvalue weighted by Crippen LogP contribution is -2.21. The molecule has 0 aliphatic carbocycles. The summed E-state index contributed by atoms with van der Waals surface area (Å²) in [4.78, 5) is 14.5. The van der Waals surface area contributed by atoms with Gasteiger partial charge >= 0.3 is 0 Å². The van der Waals surface area contributed by atoms with Crippen molar-refractivity contribution in [2.75, 3.05) is 18.9 Å². The fourth-order valence-corrected chi connectivity index (χ4v) is 3.46. The van der Waals surface area contributed by atoms with Gasteiger partial charge in [-0.25, -0.2) is 8.78 Å². The summed E-state index contributed by atoms with van der Waals surface area (Å²) in [7, 11) is 1.89. The number of allylic oxidation sites excluding steroid dienone is 4. The molecule has 1 aromatic heterocycles. The van der Waals surface area contributed by atoms with Gasteiger partial charge in [-0.1, -0.05) is 23.7 Å². The second-order valence-electron chi connectivity index (χ2n) is 6.69. The Hall–Kier alpha value is -2.60. The first-order valence-corrected chi connectivity index (χ1v) is 9.32. The van der Waals surface area contributed by atoms with Crippen LogP contribution in [0.15, 0.2) is 52.4 Å². The highest BCUT2D eigenvalue weighted by Gasteiger charge is 2.28. The van der Waals surface area contributed by atoms with Crippen molar-refractivity contribution in [2.45, 2.75) is 26.2 Å². The van der Waals surface area contributed by atoms with Gasteiger partial charge in [0.15, 0.2) is 5.76 Å². The molecule has 7 heteroatoms. The van der Waals surface area contributed by atoms with E-state index in [2.05, 4.69) is 5.32 Å². The van der Waals surface area contributed by atoms with Crippen molar-refractivity contribution in [3.8, 4) is 0 Å². The van der Waals surface area contributed by atoms with Gasteiger partial charge in [-0.3, -0.25) is 4.79 Å². The van der Waals surface area contributed by atoms with Crippen LogP contribution in [0.1, 0.15) is 41.6 Å². The van der Waals surface area contributed by atoms with Gasteiger partial charge in [-0.05, 0) is 50.1 Å². The van der Waals surface area contributed by atoms with Gasteiger partial charge in [0.1, 0.15) is 17.4 Å². The van der Waals surface area contributed by atoms with Crippen LogP contribution in [0.4, 0.5) is 14.5 Å². The highest BCUT2D eigenvalue weighted by molar-refractivity contribution is 6.33. The molecule has 0 fully saturated rings. The molecule has 2 heterocycles. The van der Waals surface area contributed by atoms with Gasteiger partial charge < -0.3 is 14.6 Å². The minimum absolute atomic E-state index is 0.0616. The molecule has 1 amide bonds. The van der Waals surface area contributed by atoms with Crippen LogP contribution in [0.5, 0.6) is 0 Å². The minimum Gasteiger partial charge on any atom is -0.455 e. The number of para-hydroxylation sites is 1. The largest absolute Gasteiger partial charge is 0.455 e. The molecule has 2 aromatic rings. The average molecular weight is 407 g/mol. The van der Waals surface area contributed by atoms with Crippen LogP contribution in [-0.4, -0.2) is 24.4 Å². The number of carbonyl (C=O) groups is 1. The van der Waals surface area contributed by atoms with E-state index < -0.39 is 11.7 Å². The van der Waals surface area contributed by atoms with E-state index in [1.54, 1.807) is 13.0 Å². The van der Waals surface area contributed by atoms with Crippen molar-refractivity contribution >= 4 is 23.2 Å². The maximum Gasteiger partial charge on any atom is 0.291 e. The SMILES string of the molecule is C/C=C(F)\C=C1/C(C)c2oc(C(=O)Nc3c(F)cccc3Cl)cc2CCN1C. The monoisotopic (exact) mass is 406 g/mol. The number of nitrogens with zero attached hydrogens (tertiary/aromatic N) is 1. The smallest absolute Gasteiger partial charge is 0.291 e. The average Bonchev–Trinajstić information content (AvgIpc) is 3.06. The topological polar surface area (TPSA) is 45.5 Å². The van der Waals surface area contributed by atoms with Crippen LogP contribution in [0.25, 0.3) is 0 Å². The third-order valence-electron chi connectivity index (χ3n) is 4.82. The highest BCUT2D eigenvalue weighted by atomic mass is 35.5. The number of halogens is 3. The Bertz CT molecular complexity index is 945. The maximum atomic E-state index is 13.9. The minimum atomic E-state index is -0.629. The fourth-order valence-electron chi connectivity index (χ4n) is 3.25. The standard InChI is InChI=1S/C21H21ClF2N2O2/c1-4-14(23)11-17-12(2)20-13(8-9-26(17)3)10-18(28-20)21(27)25-19-15(22)6-5-7-16(19)24/h4-7,10-12H,8-9H2,1-3H3,(H,25,27)/b14-4+,17-11+. The first-order valence-electron chi connectivity index (χ1n) is 8.94. The van der Waals surface area contributed by atoms with E-state index in [-0.39, 0.29) is 28.2 Å². The lowest BCUT2D eigenvalue weighted by Gasteiger charge is -2.23. The fraction of sp³-hybridized carbons (Fsp3) is 0.286. The highest BCUT2D eigenvalue weighted by Crippen LogP contribution is 2.35. The molecule has 0 bridgehead atoms. The molecule has 1 atom stereocenters. The molecule has 0 saturated carbocycles. The van der Waals surface area contributed by atoms with Crippen LogP contribution in [-0.2, 0) is 6.42 Å². The van der Waals surface area contributed by atoms with E-state index in [0.717, 1.165) is 11.3 Å². The van der Waals surface area contributed by atoms with Gasteiger partial charge in [0.05, 0.1) is 16.6 Å². The number of amides is 1. The van der Waals surface area contributed by atoms with E-state index in [1.807, 2.05) is 18.9 Å². The number of fused-ring (bicyclic) bond motifs is 1. The molecule has 0 spiro atoms. The summed E-state index contributed by atoms with van der Waals surface area (Å²) in [6, 6.07) is 5.81. The molecule has 1 N–H and O–H groups in total. The molecule has 4 nitrogen and oxygen atoms in total. The van der Waals surface area contributed by atoms with Crippen molar-refractivity contribution in [3.05, 3.63) is 75.9 Å². The van der Waals surface area contributed by atoms with Crippen LogP contribution < -0.4 is 5.32 Å². The van der Waals surface area contributed by atoms with Crippen molar-refractivity contribution in [1.82, 2.24) is 4.90 Å². The molecule has 28 heavy (non-hydrogen) atoms. The number of anilines is 1. The van der Waals surface area contributed by atoms with E-state index in [0.29, 0.717) is 18.7 Å². The van der Waals surface area contributed by atoms with Crippen LogP contribution in [0.3, 0.4) is 0 Å². The molecule has 0 saturated heterocycles. The number of hydrogen-bond donors (Lipinski definition) is 1. The third kappa shape index (κ3) is 3.97. The van der Waals surface area contributed by atoms with Gasteiger partial charge in [0.2, 0.25) is 0 Å². The molecule has 148 valence electrons. The Morgan fingerprint density at radius 3 is 2.86 bits per heavy atom. The van der Waals surface area contributed by atoms with E-state index in [1.165, 1.54) is 30.4 Å². The maximum absolute atomic E-state index is 13.9. The van der Waals surface area contributed by atoms with Crippen LogP contribution in [0.2, 0.25) is 5.02 Å². The lowest BCUT2D eigenvalue weighted by molar-refractivity contribution is 0.0994. The Labute approximate surface area is 167 Å². The molecule has 1 aliphatic rings. The van der Waals surface area contributed by atoms with Crippen LogP contribution >= 0.6 is 11.6 Å². The van der Waals surface area contributed by atoms with Crippen molar-refractivity contribution < 1.29 is 18.0 Å². The number of nitrogens with one attached hydrogen (secondary N) is 1. The summed E-state index contributed by atoms with van der Waals surface area (Å²) < 4.78 is 33.6. The first-order chi connectivity index (χ1) is 13.3. The van der Waals surface area contributed by atoms with E-state index >= 15 is 0 Å². The van der Waals surface area contributed by atoms with Crippen molar-refractivity contribution in [2.24, 2.45) is 0 Å². The summed E-state index contributed by atoms with van der Waals surface area (Å²) in [6.45, 7) is 4.18. The first kappa shape index (κ1) is 20.1. The summed E-state index contributed by atoms with van der Waals surface area (Å²) in [5.74, 6) is -1.14. The zero-order valence-corrected chi connectivity index (χ0v) is 16.6. The number of likely N-dealkylation sites (N-methyl/N-ethyl adjacent to an activating group) is 1. The van der Waals surface area contributed by atoms with Gasteiger partial charge in [-0.2, -0.15) is 0 Å². The quantitative estimate of drug-likeness (QED) is 0.714. The van der Waals surface area contributed by atoms with Crippen molar-refractivity contribution in [3.63, 3.8) is 0 Å². The third-order valence-corrected chi connectivity index (χ3v) is 5.14. The summed E-state index contributed by atoms with van der Waals surface area (Å²) in [5, 5.41) is 2.56. The van der Waals surface area contributed by atoms with E-state index in [9.17, 15) is 13.6 Å². The number of hydrogen-bond acceptors (Lipinski definition) is 3. The predicted molar refractivity (Wildman–Crippen MR) is 106 cm³/mol. The Kier molecular flexibility index (Phi) is 5.89. The Morgan fingerprint density at radius 1 is 1.43 bits per heavy atom. The van der Waals surface area contributed by atoms with Gasteiger partial charge in [0.25, 0.3) is 5.91 Å². The second kappa shape index (κ2) is 8.19. The van der Waals surface area contributed by atoms with Crippen LogP contribution in [0, 0.1) is 5.82 Å². The molecule has 3 rings (SSSR count). The Morgan fingerprint density at radius 2 is 2.18 bits per heavy atom. The van der Waals surface area contributed by atoms with Crippen molar-refractivity contribution in [1.29, 1.82) is 0 Å². The number of benzene rings is 1. The predicted octanol–water partition coefficient (Wildman–Crippen LogP) is 5.67. The second-order valence-corrected chi connectivity index (χ2v) is 7.09. The zero-order chi connectivity index (χ0) is 20.4. The van der Waals surface area contributed by atoms with Gasteiger partial charge in [-0.15, -0.1) is 0 Å². The molecular weight excluding hydrogens is 386 g/mol. The van der Waals surface area contributed by atoms with E-state index in [4.69, 9.17) is 16.0 Å². The molecule has 1 unspecified atom stereocenters.